The van der Waals surface area contributed by atoms with Crippen molar-refractivity contribution in [2.45, 2.75) is 50.7 Å². The van der Waals surface area contributed by atoms with Crippen LogP contribution in [0.4, 0.5) is 0 Å². The lowest BCUT2D eigenvalue weighted by Crippen LogP contribution is -2.44. The number of hydrogen-bond donors (Lipinski definition) is 2. The van der Waals surface area contributed by atoms with Gasteiger partial charge in [-0.25, -0.2) is 0 Å². The molecule has 3 unspecified atom stereocenters. The van der Waals surface area contributed by atoms with Crippen LogP contribution in [0.5, 0.6) is 0 Å². The number of rotatable bonds is 4. The van der Waals surface area contributed by atoms with Crippen molar-refractivity contribution in [3.05, 3.63) is 0 Å². The fourth-order valence-corrected chi connectivity index (χ4v) is 2.70. The fraction of sp³-hybridized carbons (Fsp3) is 1.00. The summed E-state index contributed by atoms with van der Waals surface area (Å²) in [6, 6.07) is 0.625. The van der Waals surface area contributed by atoms with Gasteiger partial charge < -0.3 is 15.2 Å². The average molecular weight is 213 g/mol. The van der Waals surface area contributed by atoms with Crippen molar-refractivity contribution in [1.29, 1.82) is 0 Å². The van der Waals surface area contributed by atoms with Crippen LogP contribution in [-0.4, -0.2) is 36.5 Å². The van der Waals surface area contributed by atoms with E-state index in [-0.39, 0.29) is 0 Å². The molecule has 3 atom stereocenters. The van der Waals surface area contributed by atoms with E-state index >= 15 is 0 Å². The largest absolute Gasteiger partial charge is 0.386 e. The van der Waals surface area contributed by atoms with E-state index in [1.54, 1.807) is 0 Å². The van der Waals surface area contributed by atoms with Crippen molar-refractivity contribution < 1.29 is 9.84 Å². The molecular formula is C12H23NO2. The number of hydrogen-bond acceptors (Lipinski definition) is 3. The first-order chi connectivity index (χ1) is 7.22. The molecule has 2 rings (SSSR count). The summed E-state index contributed by atoms with van der Waals surface area (Å²) in [4.78, 5) is 0. The molecule has 0 spiro atoms. The van der Waals surface area contributed by atoms with E-state index in [9.17, 15) is 5.11 Å². The number of nitrogens with one attached hydrogen (secondary N) is 1. The minimum absolute atomic E-state index is 0.504. The molecule has 3 heteroatoms. The summed E-state index contributed by atoms with van der Waals surface area (Å²) in [5.41, 5.74) is -0.593. The zero-order valence-corrected chi connectivity index (χ0v) is 9.67. The minimum atomic E-state index is -0.593. The first-order valence-corrected chi connectivity index (χ1v) is 6.25. The van der Waals surface area contributed by atoms with Gasteiger partial charge in [0.1, 0.15) is 5.60 Å². The van der Waals surface area contributed by atoms with Gasteiger partial charge in [0.15, 0.2) is 0 Å². The first-order valence-electron chi connectivity index (χ1n) is 6.25. The molecule has 1 heterocycles. The van der Waals surface area contributed by atoms with Crippen LogP contribution in [0.2, 0.25) is 0 Å². The van der Waals surface area contributed by atoms with Crippen LogP contribution in [-0.2, 0) is 4.74 Å². The summed E-state index contributed by atoms with van der Waals surface area (Å²) in [5, 5.41) is 13.6. The summed E-state index contributed by atoms with van der Waals surface area (Å²) >= 11 is 0. The lowest BCUT2D eigenvalue weighted by atomic mass is 10.0. The molecule has 15 heavy (non-hydrogen) atoms. The quantitative estimate of drug-likeness (QED) is 0.740. The van der Waals surface area contributed by atoms with Crippen LogP contribution < -0.4 is 5.32 Å². The van der Waals surface area contributed by atoms with E-state index in [0.29, 0.717) is 25.8 Å². The van der Waals surface area contributed by atoms with E-state index < -0.39 is 5.60 Å². The van der Waals surface area contributed by atoms with E-state index in [2.05, 4.69) is 12.2 Å². The smallest absolute Gasteiger partial charge is 0.102 e. The van der Waals surface area contributed by atoms with Gasteiger partial charge in [0.05, 0.1) is 6.61 Å². The minimum Gasteiger partial charge on any atom is -0.386 e. The van der Waals surface area contributed by atoms with Gasteiger partial charge in [0.25, 0.3) is 0 Å². The van der Waals surface area contributed by atoms with Crippen LogP contribution in [0.1, 0.15) is 39.0 Å². The van der Waals surface area contributed by atoms with Gasteiger partial charge in [0, 0.05) is 25.6 Å². The highest BCUT2D eigenvalue weighted by Crippen LogP contribution is 2.28. The fourth-order valence-electron chi connectivity index (χ4n) is 2.70. The zero-order chi connectivity index (χ0) is 10.7. The Kier molecular flexibility index (Phi) is 3.65. The predicted molar refractivity (Wildman–Crippen MR) is 59.8 cm³/mol. The Labute approximate surface area is 92.2 Å². The van der Waals surface area contributed by atoms with Crippen molar-refractivity contribution >= 4 is 0 Å². The SMILES string of the molecule is CCC1CCC(NCC2(O)CCOC2)C1. The van der Waals surface area contributed by atoms with Crippen LogP contribution in [0.25, 0.3) is 0 Å². The third-order valence-corrected chi connectivity index (χ3v) is 3.92. The topological polar surface area (TPSA) is 41.5 Å². The van der Waals surface area contributed by atoms with Crippen molar-refractivity contribution in [3.8, 4) is 0 Å². The lowest BCUT2D eigenvalue weighted by molar-refractivity contribution is 0.0248. The molecule has 2 aliphatic rings. The molecule has 0 bridgehead atoms. The Balaban J connectivity index is 1.70. The second-order valence-corrected chi connectivity index (χ2v) is 5.19. The Morgan fingerprint density at radius 1 is 1.47 bits per heavy atom. The van der Waals surface area contributed by atoms with Gasteiger partial charge in [-0.05, 0) is 25.2 Å². The molecule has 2 N–H and O–H groups in total. The molecular weight excluding hydrogens is 190 g/mol. The molecule has 1 saturated heterocycles. The molecule has 0 radical (unpaired) electrons. The third kappa shape index (κ3) is 2.92. The first kappa shape index (κ1) is 11.4. The lowest BCUT2D eigenvalue weighted by Gasteiger charge is -2.23. The van der Waals surface area contributed by atoms with E-state index in [1.165, 1.54) is 25.7 Å². The maximum Gasteiger partial charge on any atom is 0.102 e. The Morgan fingerprint density at radius 3 is 2.93 bits per heavy atom. The molecule has 0 amide bonds. The van der Waals surface area contributed by atoms with Crippen molar-refractivity contribution in [3.63, 3.8) is 0 Å². The second-order valence-electron chi connectivity index (χ2n) is 5.19. The molecule has 0 aromatic heterocycles. The molecule has 1 aliphatic carbocycles. The Bertz CT molecular complexity index is 202. The summed E-state index contributed by atoms with van der Waals surface area (Å²) in [7, 11) is 0. The summed E-state index contributed by atoms with van der Waals surface area (Å²) in [5.74, 6) is 0.900. The van der Waals surface area contributed by atoms with Gasteiger partial charge in [0.2, 0.25) is 0 Å². The van der Waals surface area contributed by atoms with E-state index in [4.69, 9.17) is 4.74 Å². The number of aliphatic hydroxyl groups is 1. The molecule has 2 fully saturated rings. The Hall–Kier alpha value is -0.120. The van der Waals surface area contributed by atoms with Crippen LogP contribution in [0.15, 0.2) is 0 Å². The summed E-state index contributed by atoms with van der Waals surface area (Å²) < 4.78 is 5.23. The monoisotopic (exact) mass is 213 g/mol. The van der Waals surface area contributed by atoms with E-state index in [1.807, 2.05) is 0 Å². The molecule has 1 saturated carbocycles. The van der Waals surface area contributed by atoms with Crippen molar-refractivity contribution in [2.24, 2.45) is 5.92 Å². The standard InChI is InChI=1S/C12H23NO2/c1-2-10-3-4-11(7-10)13-8-12(14)5-6-15-9-12/h10-11,13-14H,2-9H2,1H3. The van der Waals surface area contributed by atoms with Gasteiger partial charge in [-0.3, -0.25) is 0 Å². The maximum atomic E-state index is 10.1. The van der Waals surface area contributed by atoms with Crippen LogP contribution in [0.3, 0.4) is 0 Å². The van der Waals surface area contributed by atoms with Crippen molar-refractivity contribution in [1.82, 2.24) is 5.32 Å². The van der Waals surface area contributed by atoms with Gasteiger partial charge in [-0.2, -0.15) is 0 Å². The summed E-state index contributed by atoms with van der Waals surface area (Å²) in [6.45, 7) is 4.18. The van der Waals surface area contributed by atoms with Crippen molar-refractivity contribution in [2.75, 3.05) is 19.8 Å². The zero-order valence-electron chi connectivity index (χ0n) is 9.67. The van der Waals surface area contributed by atoms with Gasteiger partial charge in [-0.15, -0.1) is 0 Å². The normalized spacial score (nSPS) is 41.2. The predicted octanol–water partition coefficient (Wildman–Crippen LogP) is 1.31. The highest BCUT2D eigenvalue weighted by Gasteiger charge is 2.33. The summed E-state index contributed by atoms with van der Waals surface area (Å²) in [6.07, 6.45) is 5.99. The molecule has 88 valence electrons. The highest BCUT2D eigenvalue weighted by atomic mass is 16.5. The van der Waals surface area contributed by atoms with Crippen LogP contribution in [0, 0.1) is 5.92 Å². The van der Waals surface area contributed by atoms with Crippen LogP contribution >= 0.6 is 0 Å². The maximum absolute atomic E-state index is 10.1. The van der Waals surface area contributed by atoms with E-state index in [0.717, 1.165) is 12.3 Å². The second kappa shape index (κ2) is 4.81. The average Bonchev–Trinajstić information content (AvgIpc) is 2.84. The Morgan fingerprint density at radius 2 is 2.33 bits per heavy atom. The molecule has 0 aromatic rings. The molecule has 0 aromatic carbocycles. The highest BCUT2D eigenvalue weighted by molar-refractivity contribution is 4.88. The number of ether oxygens (including phenoxy) is 1. The third-order valence-electron chi connectivity index (χ3n) is 3.92. The molecule has 1 aliphatic heterocycles. The molecule has 3 nitrogen and oxygen atoms in total. The van der Waals surface area contributed by atoms with Gasteiger partial charge in [-0.1, -0.05) is 13.3 Å². The van der Waals surface area contributed by atoms with Gasteiger partial charge >= 0.3 is 0 Å².